The molecule has 0 fully saturated rings. The number of hydrogen-bond donors (Lipinski definition) is 0. The first-order valence-corrected chi connectivity index (χ1v) is 4.35. The van der Waals surface area contributed by atoms with Gasteiger partial charge in [-0.3, -0.25) is 9.55 Å². The third-order valence-corrected chi connectivity index (χ3v) is 2.29. The quantitative estimate of drug-likeness (QED) is 0.530. The first kappa shape index (κ1) is 7.49. The summed E-state index contributed by atoms with van der Waals surface area (Å²) in [6, 6.07) is 2.39. The largest absolute Gasteiger partial charge is 0.424 e. The van der Waals surface area contributed by atoms with Gasteiger partial charge in [0.25, 0.3) is 0 Å². The fourth-order valence-corrected chi connectivity index (χ4v) is 1.52. The monoisotopic (exact) mass is 188 g/mol. The third kappa shape index (κ3) is 0.921. The van der Waals surface area contributed by atoms with Crippen LogP contribution in [0.3, 0.4) is 0 Å². The Balaban J connectivity index is 2.14. The van der Waals surface area contributed by atoms with Crippen LogP contribution in [0.2, 0.25) is 0 Å². The van der Waals surface area contributed by atoms with Crippen molar-refractivity contribution in [3.8, 4) is 11.8 Å². The maximum atomic E-state index is 5.55. The summed E-state index contributed by atoms with van der Waals surface area (Å²) in [5.74, 6) is 1.68. The molecule has 0 aliphatic carbocycles. The van der Waals surface area contributed by atoms with E-state index >= 15 is 0 Å². The highest BCUT2D eigenvalue weighted by Gasteiger charge is 2.19. The van der Waals surface area contributed by atoms with Crippen LogP contribution in [-0.4, -0.2) is 19.7 Å². The van der Waals surface area contributed by atoms with Gasteiger partial charge >= 0.3 is 6.01 Å². The first-order chi connectivity index (χ1) is 6.84. The molecule has 0 amide bonds. The molecule has 0 saturated carbocycles. The number of hydrogen-bond acceptors (Lipinski definition) is 4. The summed E-state index contributed by atoms with van der Waals surface area (Å²) in [5.41, 5.74) is 1.06. The zero-order valence-corrected chi connectivity index (χ0v) is 7.64. The molecule has 0 bridgehead atoms. The second-order valence-corrected chi connectivity index (χ2v) is 3.20. The molecule has 0 spiro atoms. The fourth-order valence-electron chi connectivity index (χ4n) is 1.52. The third-order valence-electron chi connectivity index (χ3n) is 2.29. The van der Waals surface area contributed by atoms with Crippen LogP contribution in [0.4, 0.5) is 0 Å². The molecule has 5 nitrogen and oxygen atoms in total. The Morgan fingerprint density at radius 1 is 1.43 bits per heavy atom. The minimum atomic E-state index is 0.557. The van der Waals surface area contributed by atoms with Crippen LogP contribution in [0.1, 0.15) is 11.4 Å². The SMILES string of the molecule is Cc1nnc2n1Cc1cnccc1O2. The molecule has 1 aliphatic heterocycles. The van der Waals surface area contributed by atoms with Crippen molar-refractivity contribution < 1.29 is 4.74 Å². The molecule has 0 saturated heterocycles. The van der Waals surface area contributed by atoms with Gasteiger partial charge in [0.2, 0.25) is 0 Å². The van der Waals surface area contributed by atoms with Crippen molar-refractivity contribution in [1.29, 1.82) is 0 Å². The summed E-state index contributed by atoms with van der Waals surface area (Å²) < 4.78 is 7.47. The van der Waals surface area contributed by atoms with E-state index in [9.17, 15) is 0 Å². The Hall–Kier alpha value is -1.91. The summed E-state index contributed by atoms with van der Waals surface area (Å²) in [5, 5.41) is 7.87. The summed E-state index contributed by atoms with van der Waals surface area (Å²) in [7, 11) is 0. The zero-order chi connectivity index (χ0) is 9.54. The van der Waals surface area contributed by atoms with Crippen molar-refractivity contribution in [2.75, 3.05) is 0 Å². The molecule has 3 heterocycles. The highest BCUT2D eigenvalue weighted by Crippen LogP contribution is 2.30. The van der Waals surface area contributed by atoms with E-state index in [1.165, 1.54) is 0 Å². The minimum absolute atomic E-state index is 0.557. The van der Waals surface area contributed by atoms with Crippen molar-refractivity contribution in [2.24, 2.45) is 0 Å². The molecule has 0 atom stereocenters. The number of rotatable bonds is 0. The van der Waals surface area contributed by atoms with E-state index in [1.54, 1.807) is 12.4 Å². The van der Waals surface area contributed by atoms with E-state index in [4.69, 9.17) is 4.74 Å². The molecule has 70 valence electrons. The van der Waals surface area contributed by atoms with Crippen LogP contribution in [0, 0.1) is 6.92 Å². The number of ether oxygens (including phenoxy) is 1. The predicted molar refractivity (Wildman–Crippen MR) is 48.2 cm³/mol. The van der Waals surface area contributed by atoms with Crippen LogP contribution in [0.15, 0.2) is 18.5 Å². The molecule has 2 aromatic heterocycles. The lowest BCUT2D eigenvalue weighted by Gasteiger charge is -2.17. The Bertz CT molecular complexity index is 491. The Morgan fingerprint density at radius 3 is 3.29 bits per heavy atom. The highest BCUT2D eigenvalue weighted by molar-refractivity contribution is 5.35. The van der Waals surface area contributed by atoms with E-state index in [0.29, 0.717) is 6.01 Å². The minimum Gasteiger partial charge on any atom is -0.424 e. The molecular formula is C9H8N4O. The fraction of sp³-hybridized carbons (Fsp3) is 0.222. The average Bonchev–Trinajstić information content (AvgIpc) is 2.57. The van der Waals surface area contributed by atoms with Gasteiger partial charge < -0.3 is 4.74 Å². The number of aromatic nitrogens is 4. The van der Waals surface area contributed by atoms with Crippen molar-refractivity contribution in [3.63, 3.8) is 0 Å². The van der Waals surface area contributed by atoms with E-state index in [0.717, 1.165) is 23.7 Å². The standard InChI is InChI=1S/C9H8N4O/c1-6-11-12-9-13(6)5-7-4-10-3-2-8(7)14-9/h2-4H,5H2,1H3. The van der Waals surface area contributed by atoms with Crippen molar-refractivity contribution in [3.05, 3.63) is 29.8 Å². The van der Waals surface area contributed by atoms with Gasteiger partial charge in [0.1, 0.15) is 11.6 Å². The predicted octanol–water partition coefficient (Wildman–Crippen LogP) is 1.14. The van der Waals surface area contributed by atoms with Crippen molar-refractivity contribution >= 4 is 0 Å². The van der Waals surface area contributed by atoms with Gasteiger partial charge in [0.15, 0.2) is 0 Å². The van der Waals surface area contributed by atoms with Gasteiger partial charge in [0.05, 0.1) is 6.54 Å². The number of aryl methyl sites for hydroxylation is 1. The Labute approximate surface area is 80.4 Å². The van der Waals surface area contributed by atoms with Crippen molar-refractivity contribution in [1.82, 2.24) is 19.7 Å². The van der Waals surface area contributed by atoms with E-state index in [2.05, 4.69) is 15.2 Å². The van der Waals surface area contributed by atoms with Crippen LogP contribution in [-0.2, 0) is 6.54 Å². The van der Waals surface area contributed by atoms with E-state index < -0.39 is 0 Å². The Kier molecular flexibility index (Phi) is 1.36. The van der Waals surface area contributed by atoms with Crippen molar-refractivity contribution in [2.45, 2.75) is 13.5 Å². The molecule has 0 N–H and O–H groups in total. The van der Waals surface area contributed by atoms with Gasteiger partial charge in [-0.1, -0.05) is 5.10 Å². The number of nitrogens with zero attached hydrogens (tertiary/aromatic N) is 4. The van der Waals surface area contributed by atoms with Crippen LogP contribution in [0.25, 0.3) is 0 Å². The van der Waals surface area contributed by atoms with Crippen LogP contribution < -0.4 is 4.74 Å². The molecular weight excluding hydrogens is 180 g/mol. The van der Waals surface area contributed by atoms with E-state index in [1.807, 2.05) is 17.6 Å². The molecule has 0 aromatic carbocycles. The molecule has 3 rings (SSSR count). The smallest absolute Gasteiger partial charge is 0.322 e. The lowest BCUT2D eigenvalue weighted by atomic mass is 10.2. The maximum Gasteiger partial charge on any atom is 0.322 e. The summed E-state index contributed by atoms with van der Waals surface area (Å²) in [6.07, 6.45) is 3.51. The second-order valence-electron chi connectivity index (χ2n) is 3.20. The van der Waals surface area contributed by atoms with Gasteiger partial charge in [-0.15, -0.1) is 5.10 Å². The topological polar surface area (TPSA) is 52.8 Å². The van der Waals surface area contributed by atoms with E-state index in [-0.39, 0.29) is 0 Å². The number of pyridine rings is 1. The molecule has 0 radical (unpaired) electrons. The molecule has 2 aromatic rings. The summed E-state index contributed by atoms with van der Waals surface area (Å²) >= 11 is 0. The molecule has 1 aliphatic rings. The van der Waals surface area contributed by atoms with Gasteiger partial charge in [-0.2, -0.15) is 0 Å². The highest BCUT2D eigenvalue weighted by atomic mass is 16.5. The lowest BCUT2D eigenvalue weighted by molar-refractivity contribution is 0.385. The summed E-state index contributed by atoms with van der Waals surface area (Å²) in [4.78, 5) is 4.05. The van der Waals surface area contributed by atoms with Crippen LogP contribution in [0.5, 0.6) is 11.8 Å². The Morgan fingerprint density at radius 2 is 2.36 bits per heavy atom. The molecule has 5 heteroatoms. The van der Waals surface area contributed by atoms with Gasteiger partial charge in [-0.05, 0) is 13.0 Å². The first-order valence-electron chi connectivity index (χ1n) is 4.35. The second kappa shape index (κ2) is 2.54. The normalized spacial score (nSPS) is 12.9. The lowest BCUT2D eigenvalue weighted by Crippen LogP contribution is -2.11. The number of fused-ring (bicyclic) bond motifs is 2. The molecule has 14 heavy (non-hydrogen) atoms. The average molecular weight is 188 g/mol. The van der Waals surface area contributed by atoms with Crippen LogP contribution >= 0.6 is 0 Å². The zero-order valence-electron chi connectivity index (χ0n) is 7.64. The summed E-state index contributed by atoms with van der Waals surface area (Å²) in [6.45, 7) is 2.64. The van der Waals surface area contributed by atoms with Gasteiger partial charge in [-0.25, -0.2) is 0 Å². The maximum absolute atomic E-state index is 5.55. The molecule has 0 unspecified atom stereocenters. The van der Waals surface area contributed by atoms with Gasteiger partial charge in [0, 0.05) is 18.0 Å².